The van der Waals surface area contributed by atoms with Crippen LogP contribution in [0, 0.1) is 0 Å². The zero-order valence-electron chi connectivity index (χ0n) is 13.7. The quantitative estimate of drug-likeness (QED) is 0.891. The minimum Gasteiger partial charge on any atom is -0.375 e. The first-order valence-corrected chi connectivity index (χ1v) is 8.29. The summed E-state index contributed by atoms with van der Waals surface area (Å²) in [4.78, 5) is 21.3. The Morgan fingerprint density at radius 3 is 3.00 bits per heavy atom. The normalized spacial score (nSPS) is 24.6. The number of ether oxygens (including phenoxy) is 1. The van der Waals surface area contributed by atoms with Gasteiger partial charge in [-0.15, -0.1) is 0 Å². The maximum atomic E-state index is 13.0. The second-order valence-corrected chi connectivity index (χ2v) is 6.39. The molecule has 2 fully saturated rings. The maximum Gasteiger partial charge on any atom is 0.257 e. The third kappa shape index (κ3) is 2.70. The Hall–Kier alpha value is -2.25. The standard InChI is InChI=1S/C17H21N5O2/c1-21-8-9-24-15-4-7-22(11-14(15)21)17(23)13-10-19-20-16(13)12-2-5-18-6-3-12/h2-3,5-6,10,14-15H,4,7-9,11H2,1H3,(H,19,20)/t14-,15-/m1/s1. The van der Waals surface area contributed by atoms with Gasteiger partial charge in [-0.25, -0.2) is 0 Å². The first-order chi connectivity index (χ1) is 11.7. The van der Waals surface area contributed by atoms with Crippen LogP contribution in [-0.2, 0) is 4.74 Å². The number of rotatable bonds is 2. The van der Waals surface area contributed by atoms with Crippen molar-refractivity contribution in [3.05, 3.63) is 36.3 Å². The number of carbonyl (C=O) groups excluding carboxylic acids is 1. The molecule has 2 atom stereocenters. The lowest BCUT2D eigenvalue weighted by Crippen LogP contribution is -2.59. The molecule has 24 heavy (non-hydrogen) atoms. The molecular formula is C17H21N5O2. The van der Waals surface area contributed by atoms with Gasteiger partial charge in [-0.3, -0.25) is 19.8 Å². The molecule has 7 heteroatoms. The molecule has 2 aliphatic heterocycles. The molecule has 2 aromatic rings. The summed E-state index contributed by atoms with van der Waals surface area (Å²) in [5.41, 5.74) is 2.27. The van der Waals surface area contributed by atoms with E-state index < -0.39 is 0 Å². The van der Waals surface area contributed by atoms with Gasteiger partial charge in [0.15, 0.2) is 0 Å². The highest BCUT2D eigenvalue weighted by Gasteiger charge is 2.37. The van der Waals surface area contributed by atoms with E-state index in [1.807, 2.05) is 17.0 Å². The topological polar surface area (TPSA) is 74.3 Å². The van der Waals surface area contributed by atoms with Gasteiger partial charge in [0.25, 0.3) is 5.91 Å². The van der Waals surface area contributed by atoms with E-state index in [1.165, 1.54) is 0 Å². The van der Waals surface area contributed by atoms with Crippen LogP contribution < -0.4 is 0 Å². The van der Waals surface area contributed by atoms with Crippen molar-refractivity contribution in [2.24, 2.45) is 0 Å². The Morgan fingerprint density at radius 1 is 1.33 bits per heavy atom. The Balaban J connectivity index is 1.56. The van der Waals surface area contributed by atoms with E-state index in [0.29, 0.717) is 12.1 Å². The number of hydrogen-bond donors (Lipinski definition) is 1. The van der Waals surface area contributed by atoms with Gasteiger partial charge in [-0.1, -0.05) is 0 Å². The fourth-order valence-electron chi connectivity index (χ4n) is 3.58. The summed E-state index contributed by atoms with van der Waals surface area (Å²) in [5, 5.41) is 7.03. The molecule has 2 aliphatic rings. The smallest absolute Gasteiger partial charge is 0.257 e. The number of pyridine rings is 1. The lowest BCUT2D eigenvalue weighted by molar-refractivity contribution is -0.0893. The van der Waals surface area contributed by atoms with Crippen LogP contribution in [0.4, 0.5) is 0 Å². The SMILES string of the molecule is CN1CCO[C@@H]2CCN(C(=O)c3cn[nH]c3-c3ccncc3)C[C@H]21. The van der Waals surface area contributed by atoms with Crippen molar-refractivity contribution in [2.45, 2.75) is 18.6 Å². The van der Waals surface area contributed by atoms with Gasteiger partial charge in [0.2, 0.25) is 0 Å². The monoisotopic (exact) mass is 327 g/mol. The number of fused-ring (bicyclic) bond motifs is 1. The van der Waals surface area contributed by atoms with Gasteiger partial charge in [0.1, 0.15) is 0 Å². The highest BCUT2D eigenvalue weighted by atomic mass is 16.5. The predicted octanol–water partition coefficient (Wildman–Crippen LogP) is 1.02. The number of H-pyrrole nitrogens is 1. The minimum absolute atomic E-state index is 0.0213. The lowest BCUT2D eigenvalue weighted by Gasteiger charge is -2.45. The second kappa shape index (κ2) is 6.33. The van der Waals surface area contributed by atoms with E-state index in [1.54, 1.807) is 18.6 Å². The third-order valence-electron chi connectivity index (χ3n) is 4.99. The van der Waals surface area contributed by atoms with E-state index >= 15 is 0 Å². The van der Waals surface area contributed by atoms with Crippen LogP contribution in [0.2, 0.25) is 0 Å². The van der Waals surface area contributed by atoms with E-state index in [-0.39, 0.29) is 18.1 Å². The summed E-state index contributed by atoms with van der Waals surface area (Å²) in [6, 6.07) is 4.02. The van der Waals surface area contributed by atoms with Gasteiger partial charge < -0.3 is 9.64 Å². The van der Waals surface area contributed by atoms with Crippen molar-refractivity contribution >= 4 is 5.91 Å². The average Bonchev–Trinajstić information content (AvgIpc) is 3.12. The molecule has 4 heterocycles. The molecule has 7 nitrogen and oxygen atoms in total. The summed E-state index contributed by atoms with van der Waals surface area (Å²) in [6.07, 6.45) is 6.15. The molecule has 0 aromatic carbocycles. The third-order valence-corrected chi connectivity index (χ3v) is 4.99. The lowest BCUT2D eigenvalue weighted by atomic mass is 9.98. The zero-order valence-corrected chi connectivity index (χ0v) is 13.7. The van der Waals surface area contributed by atoms with Crippen molar-refractivity contribution < 1.29 is 9.53 Å². The molecular weight excluding hydrogens is 306 g/mol. The number of piperidine rings is 1. The molecule has 0 spiro atoms. The molecule has 1 N–H and O–H groups in total. The molecule has 4 rings (SSSR count). The van der Waals surface area contributed by atoms with Crippen LogP contribution >= 0.6 is 0 Å². The van der Waals surface area contributed by atoms with Crippen LogP contribution in [0.3, 0.4) is 0 Å². The second-order valence-electron chi connectivity index (χ2n) is 6.39. The molecule has 0 bridgehead atoms. The fourth-order valence-corrected chi connectivity index (χ4v) is 3.58. The maximum absolute atomic E-state index is 13.0. The number of amides is 1. The Morgan fingerprint density at radius 2 is 2.17 bits per heavy atom. The van der Waals surface area contributed by atoms with Gasteiger partial charge in [0, 0.05) is 37.6 Å². The van der Waals surface area contributed by atoms with Gasteiger partial charge in [-0.2, -0.15) is 5.10 Å². The first-order valence-electron chi connectivity index (χ1n) is 8.29. The fraction of sp³-hybridized carbons (Fsp3) is 0.471. The Labute approximate surface area is 140 Å². The van der Waals surface area contributed by atoms with Gasteiger partial charge in [0.05, 0.1) is 36.2 Å². The molecule has 0 saturated carbocycles. The van der Waals surface area contributed by atoms with Gasteiger partial charge >= 0.3 is 0 Å². The number of nitrogens with zero attached hydrogens (tertiary/aromatic N) is 4. The van der Waals surface area contributed by atoms with E-state index in [4.69, 9.17) is 4.74 Å². The van der Waals surface area contributed by atoms with E-state index in [9.17, 15) is 4.79 Å². The van der Waals surface area contributed by atoms with E-state index in [2.05, 4.69) is 27.1 Å². The number of morpholine rings is 1. The Kier molecular flexibility index (Phi) is 4.03. The number of likely N-dealkylation sites (tertiary alicyclic amines) is 1. The average molecular weight is 327 g/mol. The predicted molar refractivity (Wildman–Crippen MR) is 88.5 cm³/mol. The summed E-state index contributed by atoms with van der Waals surface area (Å²) in [7, 11) is 2.11. The van der Waals surface area contributed by atoms with Crippen LogP contribution in [0.25, 0.3) is 11.3 Å². The summed E-state index contributed by atoms with van der Waals surface area (Å²) >= 11 is 0. The zero-order chi connectivity index (χ0) is 16.5. The number of nitrogens with one attached hydrogen (secondary N) is 1. The van der Waals surface area contributed by atoms with Crippen molar-refractivity contribution in [1.82, 2.24) is 25.0 Å². The largest absolute Gasteiger partial charge is 0.375 e. The van der Waals surface area contributed by atoms with Crippen LogP contribution in [0.5, 0.6) is 0 Å². The van der Waals surface area contributed by atoms with Crippen molar-refractivity contribution in [3.63, 3.8) is 0 Å². The number of aromatic nitrogens is 3. The molecule has 0 unspecified atom stereocenters. The Bertz CT molecular complexity index is 717. The summed E-state index contributed by atoms with van der Waals surface area (Å²) in [5.74, 6) is 0.0213. The molecule has 126 valence electrons. The van der Waals surface area contributed by atoms with Crippen molar-refractivity contribution in [3.8, 4) is 11.3 Å². The molecule has 0 radical (unpaired) electrons. The molecule has 2 aromatic heterocycles. The summed E-state index contributed by atoms with van der Waals surface area (Å²) < 4.78 is 5.86. The number of likely N-dealkylation sites (N-methyl/N-ethyl adjacent to an activating group) is 1. The van der Waals surface area contributed by atoms with Crippen LogP contribution in [-0.4, -0.2) is 76.3 Å². The molecule has 2 saturated heterocycles. The highest BCUT2D eigenvalue weighted by molar-refractivity contribution is 5.99. The van der Waals surface area contributed by atoms with Gasteiger partial charge in [-0.05, 0) is 25.6 Å². The molecule has 0 aliphatic carbocycles. The van der Waals surface area contributed by atoms with E-state index in [0.717, 1.165) is 37.4 Å². The number of aromatic amines is 1. The minimum atomic E-state index is 0.0213. The summed E-state index contributed by atoms with van der Waals surface area (Å²) in [6.45, 7) is 3.10. The number of hydrogen-bond acceptors (Lipinski definition) is 5. The highest BCUT2D eigenvalue weighted by Crippen LogP contribution is 2.26. The van der Waals surface area contributed by atoms with Crippen molar-refractivity contribution in [2.75, 3.05) is 33.3 Å². The van der Waals surface area contributed by atoms with Crippen LogP contribution in [0.1, 0.15) is 16.8 Å². The van der Waals surface area contributed by atoms with Crippen LogP contribution in [0.15, 0.2) is 30.7 Å². The molecule has 1 amide bonds. The van der Waals surface area contributed by atoms with Crippen molar-refractivity contribution in [1.29, 1.82) is 0 Å². The number of carbonyl (C=O) groups is 1. The first kappa shape index (κ1) is 15.3.